The van der Waals surface area contributed by atoms with Crippen LogP contribution in [0.5, 0.6) is 0 Å². The first-order chi connectivity index (χ1) is 18.4. The van der Waals surface area contributed by atoms with E-state index >= 15 is 0 Å². The van der Waals surface area contributed by atoms with E-state index < -0.39 is 17.5 Å². The third-order valence-electron chi connectivity index (χ3n) is 6.52. The molecule has 2 aromatic carbocycles. The highest BCUT2D eigenvalue weighted by molar-refractivity contribution is 9.10. The molecule has 0 saturated carbocycles. The number of halogens is 4. The number of nitriles is 1. The van der Waals surface area contributed by atoms with Crippen molar-refractivity contribution in [3.8, 4) is 6.07 Å². The van der Waals surface area contributed by atoms with Gasteiger partial charge in [-0.15, -0.1) is 0 Å². The number of carbonyl (C=O) groups is 1. The standard InChI is InChI=1S/C28H21BrF3N5O/c29-25-13-18(7-9-34-25)15-35-28(38)37-23-6-3-17(14-33)12-20(23)21-16-36(11-8-24(21)37)10-1-2-19-4-5-22(30)27(32)26(19)31/h1-7,9,12-13H,8,10-11,15-16H2,(H,35,38). The lowest BCUT2D eigenvalue weighted by Crippen LogP contribution is -2.34. The van der Waals surface area contributed by atoms with E-state index in [1.54, 1.807) is 35.0 Å². The van der Waals surface area contributed by atoms with Crippen LogP contribution in [-0.2, 0) is 19.5 Å². The Kier molecular flexibility index (Phi) is 7.31. The van der Waals surface area contributed by atoms with Gasteiger partial charge in [0.1, 0.15) is 4.60 Å². The molecule has 1 aliphatic rings. The van der Waals surface area contributed by atoms with Crippen molar-refractivity contribution in [1.29, 1.82) is 5.26 Å². The topological polar surface area (TPSA) is 74.0 Å². The molecule has 38 heavy (non-hydrogen) atoms. The summed E-state index contributed by atoms with van der Waals surface area (Å²) < 4.78 is 43.1. The Morgan fingerprint density at radius 3 is 2.79 bits per heavy atom. The zero-order chi connectivity index (χ0) is 26.8. The van der Waals surface area contributed by atoms with Crippen molar-refractivity contribution in [2.24, 2.45) is 0 Å². The molecule has 2 aromatic heterocycles. The van der Waals surface area contributed by atoms with Crippen LogP contribution >= 0.6 is 15.9 Å². The number of amides is 1. The van der Waals surface area contributed by atoms with Crippen molar-refractivity contribution >= 4 is 38.9 Å². The molecule has 0 bridgehead atoms. The molecule has 1 aliphatic heterocycles. The Hall–Kier alpha value is -3.94. The highest BCUT2D eigenvalue weighted by Gasteiger charge is 2.26. The summed E-state index contributed by atoms with van der Waals surface area (Å²) in [4.78, 5) is 19.5. The summed E-state index contributed by atoms with van der Waals surface area (Å²) in [6.07, 6.45) is 5.36. The molecule has 0 spiro atoms. The van der Waals surface area contributed by atoms with E-state index in [4.69, 9.17) is 0 Å². The summed E-state index contributed by atoms with van der Waals surface area (Å²) in [5, 5.41) is 13.2. The number of nitrogens with one attached hydrogen (secondary N) is 1. The van der Waals surface area contributed by atoms with Gasteiger partial charge >= 0.3 is 6.03 Å². The van der Waals surface area contributed by atoms with Crippen LogP contribution < -0.4 is 5.32 Å². The number of fused-ring (bicyclic) bond motifs is 3. The highest BCUT2D eigenvalue weighted by atomic mass is 79.9. The van der Waals surface area contributed by atoms with Gasteiger partial charge in [-0.1, -0.05) is 12.2 Å². The molecule has 3 heterocycles. The molecule has 1 amide bonds. The first kappa shape index (κ1) is 25.7. The van der Waals surface area contributed by atoms with Crippen LogP contribution in [-0.4, -0.2) is 33.6 Å². The first-order valence-corrected chi connectivity index (χ1v) is 12.6. The molecule has 6 nitrogen and oxygen atoms in total. The maximum Gasteiger partial charge on any atom is 0.326 e. The fraction of sp³-hybridized carbons (Fsp3) is 0.179. The maximum absolute atomic E-state index is 14.0. The van der Waals surface area contributed by atoms with Crippen molar-refractivity contribution in [2.45, 2.75) is 19.5 Å². The van der Waals surface area contributed by atoms with Crippen LogP contribution in [0.3, 0.4) is 0 Å². The predicted molar refractivity (Wildman–Crippen MR) is 141 cm³/mol. The van der Waals surface area contributed by atoms with Gasteiger partial charge in [0.25, 0.3) is 0 Å². The Morgan fingerprint density at radius 2 is 2.00 bits per heavy atom. The number of nitrogens with zero attached hydrogens (tertiary/aromatic N) is 4. The number of hydrogen-bond donors (Lipinski definition) is 1. The zero-order valence-corrected chi connectivity index (χ0v) is 21.6. The molecule has 0 atom stereocenters. The minimum Gasteiger partial charge on any atom is -0.333 e. The largest absolute Gasteiger partial charge is 0.333 e. The third kappa shape index (κ3) is 5.08. The van der Waals surface area contributed by atoms with E-state index in [-0.39, 0.29) is 11.6 Å². The van der Waals surface area contributed by atoms with Gasteiger partial charge in [0.2, 0.25) is 0 Å². The van der Waals surface area contributed by atoms with Gasteiger partial charge in [0.05, 0.1) is 17.1 Å². The summed E-state index contributed by atoms with van der Waals surface area (Å²) in [5.41, 5.74) is 3.88. The summed E-state index contributed by atoms with van der Waals surface area (Å²) in [6, 6.07) is 12.9. The van der Waals surface area contributed by atoms with Gasteiger partial charge in [-0.25, -0.2) is 22.9 Å². The molecule has 0 radical (unpaired) electrons. The molecule has 4 aromatic rings. The first-order valence-electron chi connectivity index (χ1n) is 11.8. The zero-order valence-electron chi connectivity index (χ0n) is 20.0. The second-order valence-electron chi connectivity index (χ2n) is 8.90. The van der Waals surface area contributed by atoms with Crippen molar-refractivity contribution in [2.75, 3.05) is 13.1 Å². The fourth-order valence-corrected chi connectivity index (χ4v) is 5.09. The molecule has 0 aliphatic carbocycles. The molecule has 1 N–H and O–H groups in total. The Labute approximate surface area is 225 Å². The van der Waals surface area contributed by atoms with Crippen molar-refractivity contribution < 1.29 is 18.0 Å². The molecular formula is C28H21BrF3N5O. The van der Waals surface area contributed by atoms with Gasteiger partial charge in [0, 0.05) is 55.4 Å². The average Bonchev–Trinajstić information content (AvgIpc) is 3.24. The van der Waals surface area contributed by atoms with Crippen molar-refractivity contribution in [3.63, 3.8) is 0 Å². The molecule has 5 rings (SSSR count). The summed E-state index contributed by atoms with van der Waals surface area (Å²) in [6.45, 7) is 1.89. The monoisotopic (exact) mass is 579 g/mol. The van der Waals surface area contributed by atoms with Crippen LogP contribution in [0.25, 0.3) is 17.0 Å². The second kappa shape index (κ2) is 10.8. The van der Waals surface area contributed by atoms with E-state index in [0.717, 1.165) is 28.3 Å². The molecule has 0 unspecified atom stereocenters. The van der Waals surface area contributed by atoms with Gasteiger partial charge in [-0.2, -0.15) is 5.26 Å². The summed E-state index contributed by atoms with van der Waals surface area (Å²) in [5.74, 6) is -3.95. The highest BCUT2D eigenvalue weighted by Crippen LogP contribution is 2.32. The molecule has 10 heteroatoms. The van der Waals surface area contributed by atoms with Crippen molar-refractivity contribution in [1.82, 2.24) is 19.8 Å². The Balaban J connectivity index is 1.39. The van der Waals surface area contributed by atoms with Gasteiger partial charge < -0.3 is 5.32 Å². The van der Waals surface area contributed by atoms with Crippen molar-refractivity contribution in [3.05, 3.63) is 105 Å². The summed E-state index contributed by atoms with van der Waals surface area (Å²) in [7, 11) is 0. The number of rotatable bonds is 5. The van der Waals surface area contributed by atoms with E-state index in [9.17, 15) is 23.2 Å². The van der Waals surface area contributed by atoms with Crippen LogP contribution in [0.1, 0.15) is 27.9 Å². The van der Waals surface area contributed by atoms with E-state index in [1.807, 2.05) is 12.1 Å². The average molecular weight is 580 g/mol. The Bertz CT molecular complexity index is 1630. The van der Waals surface area contributed by atoms with Crippen LogP contribution in [0.4, 0.5) is 18.0 Å². The van der Waals surface area contributed by atoms with Crippen LogP contribution in [0.15, 0.2) is 59.3 Å². The number of aromatic nitrogens is 2. The minimum atomic E-state index is -1.49. The quantitative estimate of drug-likeness (QED) is 0.235. The number of carbonyl (C=O) groups excluding carboxylic acids is 1. The number of pyridine rings is 1. The van der Waals surface area contributed by atoms with E-state index in [0.29, 0.717) is 48.3 Å². The Morgan fingerprint density at radius 1 is 1.16 bits per heavy atom. The molecule has 0 saturated heterocycles. The second-order valence-corrected chi connectivity index (χ2v) is 9.71. The fourth-order valence-electron chi connectivity index (χ4n) is 4.68. The normalized spacial score (nSPS) is 13.6. The van der Waals surface area contributed by atoms with E-state index in [2.05, 4.69) is 37.2 Å². The molecule has 0 fully saturated rings. The van der Waals surface area contributed by atoms with Crippen LogP contribution in [0.2, 0.25) is 0 Å². The predicted octanol–water partition coefficient (Wildman–Crippen LogP) is 5.92. The minimum absolute atomic E-state index is 0.0326. The maximum atomic E-state index is 14.0. The van der Waals surface area contributed by atoms with Gasteiger partial charge in [0.15, 0.2) is 17.5 Å². The van der Waals surface area contributed by atoms with Crippen LogP contribution in [0, 0.1) is 28.8 Å². The molecular weight excluding hydrogens is 559 g/mol. The lowest BCUT2D eigenvalue weighted by atomic mass is 10.0. The molecule has 192 valence electrons. The lowest BCUT2D eigenvalue weighted by molar-refractivity contribution is 0.240. The lowest BCUT2D eigenvalue weighted by Gasteiger charge is -2.27. The SMILES string of the molecule is N#Cc1ccc2c(c1)c1c(n2C(=O)NCc2ccnc(Br)c2)CCN(CC=Cc2ccc(F)c(F)c2F)C1. The van der Waals surface area contributed by atoms with Gasteiger partial charge in [-0.05, 0) is 69.5 Å². The number of benzene rings is 2. The summed E-state index contributed by atoms with van der Waals surface area (Å²) >= 11 is 3.33. The smallest absolute Gasteiger partial charge is 0.326 e. The third-order valence-corrected chi connectivity index (χ3v) is 6.95. The number of hydrogen-bond acceptors (Lipinski definition) is 4. The van der Waals surface area contributed by atoms with Gasteiger partial charge in [-0.3, -0.25) is 9.47 Å². The van der Waals surface area contributed by atoms with E-state index in [1.165, 1.54) is 12.1 Å².